The molecule has 3 heterocycles. The molecule has 39 nitrogen and oxygen atoms in total. The van der Waals surface area contributed by atoms with E-state index in [-0.39, 0.29) is 124 Å². The van der Waals surface area contributed by atoms with Crippen molar-refractivity contribution in [3.05, 3.63) is 28.4 Å². The molecule has 0 unspecified atom stereocenters. The molecule has 0 radical (unpaired) electrons. The maximum atomic E-state index is 14.3. The molecular formula is C55H84N18O21. The summed E-state index contributed by atoms with van der Waals surface area (Å²) in [5.41, 5.74) is 15.6. The summed E-state index contributed by atoms with van der Waals surface area (Å²) in [6.07, 6.45) is -4.00. The summed E-state index contributed by atoms with van der Waals surface area (Å²) in [7, 11) is 0. The average molecular weight is 1330 g/mol. The van der Waals surface area contributed by atoms with Gasteiger partial charge in [0.2, 0.25) is 77.3 Å². The summed E-state index contributed by atoms with van der Waals surface area (Å²) in [5, 5.41) is 100. The van der Waals surface area contributed by atoms with Gasteiger partial charge in [-0.15, -0.1) is 0 Å². The largest absolute Gasteiger partial charge is 0.504 e. The van der Waals surface area contributed by atoms with E-state index in [1.165, 1.54) is 10.6 Å². The fraction of sp³-hybridized carbons (Fsp3) is 0.582. The van der Waals surface area contributed by atoms with Crippen LogP contribution in [-0.2, 0) is 62.3 Å². The van der Waals surface area contributed by atoms with Gasteiger partial charge >= 0.3 is 0 Å². The van der Waals surface area contributed by atoms with Gasteiger partial charge < -0.3 is 106 Å². The van der Waals surface area contributed by atoms with E-state index in [0.717, 1.165) is 26.0 Å². The number of nitrogens with one attached hydrogen (secondary N) is 11. The Labute approximate surface area is 536 Å². The minimum Gasteiger partial charge on any atom is -0.504 e. The van der Waals surface area contributed by atoms with Crippen molar-refractivity contribution in [3.8, 4) is 17.0 Å². The van der Waals surface area contributed by atoms with Gasteiger partial charge in [-0.3, -0.25) is 82.5 Å². The highest BCUT2D eigenvalue weighted by atomic mass is 16.5. The summed E-state index contributed by atoms with van der Waals surface area (Å²) in [6, 6.07) is -11.6. The number of phenols is 1. The molecule has 520 valence electrons. The Morgan fingerprint density at radius 2 is 1.27 bits per heavy atom. The molecule has 3 aliphatic heterocycles. The SMILES string of the molecule is C[C@@H](O)[C@H](NC(=O)[C@H](CCCN(O)C=O)NC(=O)[C@@H](CO)NC(=O)[C@H](CCCN=C(N)N)NC(=O)[C@@H](CO)NC(=O)[C@@H]1CCNc2c(NC(=O)CCC(N)=O)cc3cc(O)c(=O)cc-3n21)C(=O)N[C@H](C(=O)N[C@@H](CCCCNC=O)C(=O)N[C@@H]1CCCN(O)C1=O)[C@@H](C)O. The second-order valence-corrected chi connectivity index (χ2v) is 22.1. The fourth-order valence-corrected chi connectivity index (χ4v) is 9.89. The number of nitrogens with zero attached hydrogens (tertiary/aromatic N) is 4. The van der Waals surface area contributed by atoms with E-state index in [1.807, 2.05) is 0 Å². The number of guanidine groups is 1. The number of hydrogen-bond acceptors (Lipinski definition) is 23. The van der Waals surface area contributed by atoms with Gasteiger partial charge in [0, 0.05) is 57.2 Å². The number of primary amides is 1. The minimum atomic E-state index is -2.01. The number of fused-ring (bicyclic) bond motifs is 3. The molecule has 0 spiro atoms. The molecule has 0 aromatic rings. The zero-order chi connectivity index (χ0) is 69.9. The molecule has 0 aromatic heterocycles. The molecule has 94 heavy (non-hydrogen) atoms. The Hall–Kier alpha value is -9.83. The normalized spacial score (nSPS) is 17.1. The highest BCUT2D eigenvalue weighted by Gasteiger charge is 2.39. The van der Waals surface area contributed by atoms with Crippen LogP contribution in [-0.4, -0.2) is 241 Å². The van der Waals surface area contributed by atoms with Crippen LogP contribution in [0.3, 0.4) is 0 Å². The van der Waals surface area contributed by atoms with Crippen molar-refractivity contribution in [1.29, 1.82) is 0 Å². The molecule has 4 aliphatic rings. The standard InChI is InChI=1S/C55H84N18O21/c1-27(78)43(52(90)65-30(8-3-4-15-59-25-76)46(84)66-33-11-7-19-72(94)54(33)92)70-53(91)44(28(2)79)69-48(86)32(10-6-18-71(93)26-77)64-49(87)35(23-74)67-47(85)31(9-5-16-61-55(57)58)63-50(88)36(24-75)68-51(89)37-14-17-60-45-34(62-42(83)13-12-41(56)82)20-29-21-39(80)40(81)22-38(29)73(37)45/h20-22,25-28,30-33,35-37,43-44,60,74-75,78-80,93-94H,3-19,23-24H2,1-2H3,(H2,56,82)(H,59,76)(H,62,83)(H,63,88)(H,64,87)(H,65,90)(H,66,84)(H,67,85)(H,68,89)(H,69,86)(H,70,91)(H4,57,58,61)/t27-,28-,30+,31+,32+,33-,35-,36-,37+,43+,44+/m1/s1. The van der Waals surface area contributed by atoms with Crippen LogP contribution in [0.1, 0.15) is 96.9 Å². The van der Waals surface area contributed by atoms with Gasteiger partial charge in [-0.25, -0.2) is 10.1 Å². The summed E-state index contributed by atoms with van der Waals surface area (Å²) >= 11 is 0. The van der Waals surface area contributed by atoms with E-state index in [2.05, 4.69) is 63.5 Å². The second-order valence-electron chi connectivity index (χ2n) is 22.1. The van der Waals surface area contributed by atoms with Gasteiger partial charge in [0.25, 0.3) is 5.91 Å². The number of carbonyl (C=O) groups is 13. The van der Waals surface area contributed by atoms with Crippen LogP contribution in [0.2, 0.25) is 0 Å². The summed E-state index contributed by atoms with van der Waals surface area (Å²) in [5.74, 6) is -12.4. The van der Waals surface area contributed by atoms with Crippen molar-refractivity contribution in [2.45, 2.75) is 157 Å². The predicted octanol–water partition coefficient (Wildman–Crippen LogP) is -8.55. The number of hydrogen-bond donors (Lipinski definition) is 21. The summed E-state index contributed by atoms with van der Waals surface area (Å²) in [4.78, 5) is 187. The maximum absolute atomic E-state index is 14.3. The number of anilines is 2. The van der Waals surface area contributed by atoms with Crippen LogP contribution >= 0.6 is 0 Å². The molecule has 1 saturated heterocycles. The zero-order valence-corrected chi connectivity index (χ0v) is 51.5. The van der Waals surface area contributed by atoms with E-state index in [1.54, 1.807) is 0 Å². The lowest BCUT2D eigenvalue weighted by Crippen LogP contribution is -2.63. The Morgan fingerprint density at radius 3 is 1.86 bits per heavy atom. The van der Waals surface area contributed by atoms with Gasteiger partial charge in [-0.1, -0.05) is 0 Å². The first kappa shape index (κ1) is 76.6. The Kier molecular flexibility index (Phi) is 30.7. The van der Waals surface area contributed by atoms with Crippen molar-refractivity contribution in [1.82, 2.24) is 62.5 Å². The number of piperidine rings is 1. The lowest BCUT2D eigenvalue weighted by Gasteiger charge is -2.34. The van der Waals surface area contributed by atoms with Crippen molar-refractivity contribution >= 4 is 95.3 Å². The minimum absolute atomic E-state index is 0.0123. The summed E-state index contributed by atoms with van der Waals surface area (Å²) < 4.78 is 1.31. The first-order valence-corrected chi connectivity index (χ1v) is 29.9. The molecule has 0 bridgehead atoms. The molecular weight excluding hydrogens is 1250 g/mol. The molecule has 0 aromatic carbocycles. The van der Waals surface area contributed by atoms with E-state index in [4.69, 9.17) is 17.2 Å². The Morgan fingerprint density at radius 1 is 0.713 bits per heavy atom. The van der Waals surface area contributed by atoms with Crippen LogP contribution in [0, 0.1) is 0 Å². The van der Waals surface area contributed by atoms with Crippen LogP contribution in [0.25, 0.3) is 11.3 Å². The lowest BCUT2D eigenvalue weighted by molar-refractivity contribution is -0.173. The number of aliphatic hydroxyl groups is 4. The topological polar surface area (TPSA) is 615 Å². The zero-order valence-electron chi connectivity index (χ0n) is 51.5. The van der Waals surface area contributed by atoms with Crippen molar-refractivity contribution in [2.24, 2.45) is 22.2 Å². The third kappa shape index (κ3) is 23.1. The van der Waals surface area contributed by atoms with Crippen molar-refractivity contribution in [2.75, 3.05) is 56.6 Å². The van der Waals surface area contributed by atoms with Crippen LogP contribution in [0.5, 0.6) is 5.75 Å². The maximum Gasteiger partial charge on any atom is 0.268 e. The Bertz CT molecular complexity index is 3090. The average Bonchev–Trinajstić information content (AvgIpc) is 0.750. The number of unbranched alkanes of at least 4 members (excludes halogenated alkanes) is 1. The van der Waals surface area contributed by atoms with E-state index >= 15 is 0 Å². The number of rotatable bonds is 39. The number of amides is 13. The number of hydroxylamine groups is 4. The number of carbonyl (C=O) groups excluding carboxylic acids is 13. The highest BCUT2D eigenvalue weighted by molar-refractivity contribution is 6.00. The number of benzene rings is 1. The number of aromatic nitrogens is 1. The van der Waals surface area contributed by atoms with Gasteiger partial charge in [-0.05, 0) is 90.2 Å². The monoisotopic (exact) mass is 1330 g/mol. The lowest BCUT2D eigenvalue weighted by atomic mass is 10.0. The number of nitrogens with two attached hydrogens (primary N) is 3. The molecule has 11 atom stereocenters. The van der Waals surface area contributed by atoms with Gasteiger partial charge in [-0.2, -0.15) is 0 Å². The second kappa shape index (κ2) is 37.6. The Balaban J connectivity index is 1.55. The van der Waals surface area contributed by atoms with E-state index < -0.39 is 169 Å². The first-order chi connectivity index (χ1) is 44.5. The molecule has 1 aliphatic carbocycles. The van der Waals surface area contributed by atoms with E-state index in [9.17, 15) is 103 Å². The van der Waals surface area contributed by atoms with Crippen molar-refractivity contribution in [3.63, 3.8) is 0 Å². The molecule has 0 saturated carbocycles. The molecule has 1 fully saturated rings. The molecule has 4 rings (SSSR count). The molecule has 39 heteroatoms. The highest BCUT2D eigenvalue weighted by Crippen LogP contribution is 2.40. The van der Waals surface area contributed by atoms with Gasteiger partial charge in [0.05, 0.1) is 36.8 Å². The van der Waals surface area contributed by atoms with Crippen LogP contribution in [0.15, 0.2) is 28.0 Å². The van der Waals surface area contributed by atoms with Gasteiger partial charge in [0.15, 0.2) is 11.7 Å². The number of aromatic hydroxyl groups is 1. The summed E-state index contributed by atoms with van der Waals surface area (Å²) in [6.45, 7) is -0.512. The quantitative estimate of drug-likeness (QED) is 0.00738. The number of pyridine rings is 1. The molecule has 13 amide bonds. The van der Waals surface area contributed by atoms with Crippen LogP contribution in [0.4, 0.5) is 11.5 Å². The predicted molar refractivity (Wildman–Crippen MR) is 326 cm³/mol. The molecule has 24 N–H and O–H groups in total. The van der Waals surface area contributed by atoms with E-state index in [0.29, 0.717) is 24.3 Å². The number of aliphatic hydroxyl groups excluding tert-OH is 4. The fourth-order valence-electron chi connectivity index (χ4n) is 9.89. The first-order valence-electron chi connectivity index (χ1n) is 29.9. The third-order valence-corrected chi connectivity index (χ3v) is 14.8. The van der Waals surface area contributed by atoms with Crippen LogP contribution < -0.4 is 81.1 Å². The van der Waals surface area contributed by atoms with Crippen molar-refractivity contribution < 1.29 is 98.3 Å². The smallest absolute Gasteiger partial charge is 0.268 e. The van der Waals surface area contributed by atoms with Gasteiger partial charge in [0.1, 0.15) is 60.2 Å². The number of aliphatic imine (C=N–C) groups is 1. The number of phenolic OH excluding ortho intramolecular Hbond substituents is 1. The third-order valence-electron chi connectivity index (χ3n) is 14.8.